The van der Waals surface area contributed by atoms with E-state index in [1.807, 2.05) is 13.8 Å². The molecule has 0 aliphatic rings. The van der Waals surface area contributed by atoms with Crippen molar-refractivity contribution in [3.05, 3.63) is 35.4 Å². The summed E-state index contributed by atoms with van der Waals surface area (Å²) in [6.45, 7) is 15.7. The van der Waals surface area contributed by atoms with Crippen molar-refractivity contribution >= 4 is 41.5 Å². The minimum absolute atomic E-state index is 0.0286. The number of amides is 5. The van der Waals surface area contributed by atoms with Crippen molar-refractivity contribution in [1.29, 1.82) is 0 Å². The van der Waals surface area contributed by atoms with E-state index in [9.17, 15) is 33.6 Å². The molecule has 0 radical (unpaired) electrons. The number of H-pyrrole nitrogens is 2. The van der Waals surface area contributed by atoms with Gasteiger partial charge in [0.1, 0.15) is 28.6 Å². The smallest absolute Gasteiger partial charge is 0.407 e. The Morgan fingerprint density at radius 1 is 0.673 bits per heavy atom. The van der Waals surface area contributed by atoms with Crippen LogP contribution in [0.2, 0.25) is 0 Å². The van der Waals surface area contributed by atoms with Crippen LogP contribution in [-0.2, 0) is 19.1 Å². The van der Waals surface area contributed by atoms with E-state index >= 15 is 0 Å². The van der Waals surface area contributed by atoms with E-state index in [0.717, 1.165) is 0 Å². The molecule has 0 saturated heterocycles. The highest BCUT2D eigenvalue weighted by Crippen LogP contribution is 2.11. The van der Waals surface area contributed by atoms with Crippen molar-refractivity contribution in [3.63, 3.8) is 0 Å². The molecule has 52 heavy (non-hydrogen) atoms. The number of nitrogens with one attached hydrogen (secondary N) is 8. The molecule has 8 N–H and O–H groups in total. The van der Waals surface area contributed by atoms with Crippen molar-refractivity contribution in [3.8, 4) is 0 Å². The van der Waals surface area contributed by atoms with Crippen LogP contribution in [-0.4, -0.2) is 117 Å². The average molecular weight is 733 g/mol. The Hall–Kier alpha value is -5.33. The molecule has 288 valence electrons. The monoisotopic (exact) mass is 732 g/mol. The lowest BCUT2D eigenvalue weighted by Gasteiger charge is -2.22. The fourth-order valence-corrected chi connectivity index (χ4v) is 4.39. The largest absolute Gasteiger partial charge is 0.458 e. The number of ether oxygens (including phenoxy) is 2. The van der Waals surface area contributed by atoms with Gasteiger partial charge >= 0.3 is 12.1 Å². The number of Topliss-reactive ketones (excluding diaryl/α,β-unsaturated/α-hetero) is 1. The molecule has 0 fully saturated rings. The van der Waals surface area contributed by atoms with Gasteiger partial charge in [-0.3, -0.25) is 24.0 Å². The minimum Gasteiger partial charge on any atom is -0.458 e. The van der Waals surface area contributed by atoms with Crippen molar-refractivity contribution in [1.82, 2.24) is 51.8 Å². The quantitative estimate of drug-likeness (QED) is 0.0773. The second-order valence-electron chi connectivity index (χ2n) is 14.2. The third-order valence-corrected chi connectivity index (χ3v) is 6.64. The summed E-state index contributed by atoms with van der Waals surface area (Å²) >= 11 is 0. The molecule has 2 atom stereocenters. The second-order valence-corrected chi connectivity index (χ2v) is 14.2. The molecule has 5 amide bonds. The van der Waals surface area contributed by atoms with Gasteiger partial charge in [0.15, 0.2) is 17.2 Å². The number of rotatable bonds is 18. The first kappa shape index (κ1) is 42.8. The molecule has 2 aromatic heterocycles. The van der Waals surface area contributed by atoms with Crippen LogP contribution in [0.1, 0.15) is 111 Å². The van der Waals surface area contributed by atoms with Crippen molar-refractivity contribution in [2.45, 2.75) is 92.0 Å². The molecule has 19 nitrogen and oxygen atoms in total. The number of carbonyl (C=O) groups is 7. The summed E-state index contributed by atoms with van der Waals surface area (Å²) in [4.78, 5) is 102. The van der Waals surface area contributed by atoms with Crippen LogP contribution in [0, 0.1) is 5.92 Å². The van der Waals surface area contributed by atoms with Gasteiger partial charge < -0.3 is 51.3 Å². The van der Waals surface area contributed by atoms with Crippen LogP contribution < -0.4 is 31.9 Å². The molecule has 0 aliphatic heterocycles. The van der Waals surface area contributed by atoms with Crippen LogP contribution >= 0.6 is 0 Å². The summed E-state index contributed by atoms with van der Waals surface area (Å²) in [5.74, 6) is -3.71. The third kappa shape index (κ3) is 14.9. The molecule has 0 spiro atoms. The van der Waals surface area contributed by atoms with Gasteiger partial charge in [-0.15, -0.1) is 0 Å². The van der Waals surface area contributed by atoms with Crippen LogP contribution in [0.15, 0.2) is 12.7 Å². The van der Waals surface area contributed by atoms with E-state index in [0.29, 0.717) is 6.42 Å². The maximum absolute atomic E-state index is 13.1. The average Bonchev–Trinajstić information content (AvgIpc) is 3.71. The number of esters is 1. The number of hydrogen-bond donors (Lipinski definition) is 8. The maximum atomic E-state index is 13.1. The number of carbonyl (C=O) groups excluding carboxylic acids is 7. The summed E-state index contributed by atoms with van der Waals surface area (Å²) in [6.07, 6.45) is 2.03. The molecule has 2 rings (SSSR count). The minimum atomic E-state index is -0.988. The fourth-order valence-electron chi connectivity index (χ4n) is 4.39. The van der Waals surface area contributed by atoms with E-state index in [2.05, 4.69) is 51.8 Å². The van der Waals surface area contributed by atoms with E-state index in [1.54, 1.807) is 41.5 Å². The Kier molecular flexibility index (Phi) is 15.9. The van der Waals surface area contributed by atoms with Gasteiger partial charge in [0, 0.05) is 26.2 Å². The van der Waals surface area contributed by atoms with E-state index < -0.39 is 59.0 Å². The van der Waals surface area contributed by atoms with Gasteiger partial charge in [-0.1, -0.05) is 13.8 Å². The highest BCUT2D eigenvalue weighted by molar-refractivity contribution is 6.06. The highest BCUT2D eigenvalue weighted by atomic mass is 16.6. The fraction of sp³-hybridized carbons (Fsp3) is 0.606. The van der Waals surface area contributed by atoms with Gasteiger partial charge in [0.05, 0.1) is 25.2 Å². The summed E-state index contributed by atoms with van der Waals surface area (Å²) < 4.78 is 10.4. The molecule has 2 aromatic rings. The number of ketones is 1. The topological polar surface area (TPSA) is 267 Å². The van der Waals surface area contributed by atoms with Gasteiger partial charge in [-0.05, 0) is 60.8 Å². The predicted octanol–water partition coefficient (Wildman–Crippen LogP) is 0.581. The summed E-state index contributed by atoms with van der Waals surface area (Å²) in [5, 5.41) is 15.8. The SMILES string of the molecule is CC(C)CC(NC(=O)c1nc[nH]c1C(=O)NCCNC(=O)OC(C)(C)C)C(=O)CNCCNC(=O)c1[nH]cnc1C(=O)NC(C)C(=O)OC(C)(C)C. The first-order chi connectivity index (χ1) is 24.2. The first-order valence-electron chi connectivity index (χ1n) is 16.9. The Labute approximate surface area is 302 Å². The second kappa shape index (κ2) is 19.3. The molecular formula is C33H52N10O9. The van der Waals surface area contributed by atoms with Crippen molar-refractivity contribution < 1.29 is 43.0 Å². The molecular weight excluding hydrogens is 680 g/mol. The highest BCUT2D eigenvalue weighted by Gasteiger charge is 2.28. The Morgan fingerprint density at radius 2 is 1.15 bits per heavy atom. The molecule has 0 saturated carbocycles. The zero-order valence-corrected chi connectivity index (χ0v) is 31.2. The number of aromatic nitrogens is 4. The number of alkyl carbamates (subject to hydrolysis) is 1. The van der Waals surface area contributed by atoms with E-state index in [1.165, 1.54) is 19.6 Å². The van der Waals surface area contributed by atoms with Gasteiger partial charge in [0.25, 0.3) is 23.6 Å². The van der Waals surface area contributed by atoms with Gasteiger partial charge in [-0.25, -0.2) is 19.6 Å². The summed E-state index contributed by atoms with van der Waals surface area (Å²) in [5.41, 5.74) is -2.07. The summed E-state index contributed by atoms with van der Waals surface area (Å²) in [7, 11) is 0. The molecule has 2 heterocycles. The number of hydrogen-bond acceptors (Lipinski definition) is 12. The lowest BCUT2D eigenvalue weighted by atomic mass is 10.00. The number of nitrogens with zero attached hydrogens (tertiary/aromatic N) is 2. The molecule has 2 unspecified atom stereocenters. The van der Waals surface area contributed by atoms with Gasteiger partial charge in [0.2, 0.25) is 0 Å². The Bertz CT molecular complexity index is 1570. The van der Waals surface area contributed by atoms with Crippen LogP contribution in [0.5, 0.6) is 0 Å². The van der Waals surface area contributed by atoms with E-state index in [4.69, 9.17) is 9.47 Å². The zero-order valence-electron chi connectivity index (χ0n) is 31.2. The van der Waals surface area contributed by atoms with Crippen LogP contribution in [0.3, 0.4) is 0 Å². The number of imidazole rings is 2. The third-order valence-electron chi connectivity index (χ3n) is 6.64. The lowest BCUT2D eigenvalue weighted by Crippen LogP contribution is -2.46. The normalized spacial score (nSPS) is 12.7. The predicted molar refractivity (Wildman–Crippen MR) is 187 cm³/mol. The molecule has 0 aromatic carbocycles. The van der Waals surface area contributed by atoms with Crippen molar-refractivity contribution in [2.24, 2.45) is 5.92 Å². The maximum Gasteiger partial charge on any atom is 0.407 e. The van der Waals surface area contributed by atoms with Gasteiger partial charge in [-0.2, -0.15) is 0 Å². The molecule has 0 aliphatic carbocycles. The first-order valence-corrected chi connectivity index (χ1v) is 16.9. The Balaban J connectivity index is 1.87. The lowest BCUT2D eigenvalue weighted by molar-refractivity contribution is -0.156. The standard InChI is InChI=1S/C33H52N10O9/c1-18(2)14-20(43-29(48)25-23(39-17-41-25)27(46)36-12-13-37-31(50)52-33(7,8)9)21(44)15-34-10-11-35-26(45)22-24(40-16-38-22)28(47)42-19(3)30(49)51-32(4,5)6/h16-20,34H,10-15H2,1-9H3,(H,35,45)(H,36,46)(H,37,50)(H,38,40)(H,39,41)(H,42,47)(H,43,48). The summed E-state index contributed by atoms with van der Waals surface area (Å²) in [6, 6.07) is -1.90. The molecule has 0 bridgehead atoms. The molecule has 19 heteroatoms. The Morgan fingerprint density at radius 3 is 1.65 bits per heavy atom. The van der Waals surface area contributed by atoms with E-state index in [-0.39, 0.29) is 67.2 Å². The van der Waals surface area contributed by atoms with Crippen molar-refractivity contribution in [2.75, 3.05) is 32.7 Å². The number of aromatic amines is 2. The van der Waals surface area contributed by atoms with Crippen LogP contribution in [0.4, 0.5) is 4.79 Å². The zero-order chi connectivity index (χ0) is 39.2. The van der Waals surface area contributed by atoms with Crippen LogP contribution in [0.25, 0.3) is 0 Å².